The number of ether oxygens (including phenoxy) is 1. The fourth-order valence-corrected chi connectivity index (χ4v) is 2.35. The molecular formula is C12H17NO4S. The van der Waals surface area contributed by atoms with Crippen LogP contribution in [0.4, 0.5) is 0 Å². The first-order valence-corrected chi connectivity index (χ1v) is 7.15. The van der Waals surface area contributed by atoms with E-state index in [1.807, 2.05) is 0 Å². The van der Waals surface area contributed by atoms with E-state index in [4.69, 9.17) is 4.74 Å². The third-order valence-corrected chi connectivity index (χ3v) is 3.30. The minimum atomic E-state index is -0.982. The number of methoxy groups -OCH3 is 1. The van der Waals surface area contributed by atoms with Gasteiger partial charge in [-0.25, -0.2) is 0 Å². The third-order valence-electron chi connectivity index (χ3n) is 2.33. The van der Waals surface area contributed by atoms with E-state index in [-0.39, 0.29) is 23.1 Å². The molecule has 0 saturated carbocycles. The Morgan fingerprint density at radius 3 is 2.78 bits per heavy atom. The highest BCUT2D eigenvalue weighted by Crippen LogP contribution is 2.29. The van der Waals surface area contributed by atoms with Gasteiger partial charge in [0.25, 0.3) is 5.91 Å². The first-order valence-electron chi connectivity index (χ1n) is 5.42. The fourth-order valence-electron chi connectivity index (χ4n) is 1.57. The molecule has 0 fully saturated rings. The van der Waals surface area contributed by atoms with E-state index < -0.39 is 16.7 Å². The van der Waals surface area contributed by atoms with Crippen molar-refractivity contribution in [1.82, 2.24) is 5.32 Å². The number of aromatic hydroxyl groups is 1. The SMILES string of the molecule is COc1cccc(C(=O)NC(C)CS(C)=O)c1O. The van der Waals surface area contributed by atoms with Crippen LogP contribution in [-0.4, -0.2) is 40.4 Å². The normalized spacial score (nSPS) is 13.7. The minimum Gasteiger partial charge on any atom is -0.504 e. The number of para-hydroxylation sites is 1. The summed E-state index contributed by atoms with van der Waals surface area (Å²) in [5, 5.41) is 12.5. The van der Waals surface area contributed by atoms with Crippen LogP contribution < -0.4 is 10.1 Å². The molecule has 1 rings (SSSR count). The van der Waals surface area contributed by atoms with E-state index in [0.717, 1.165) is 0 Å². The summed E-state index contributed by atoms with van der Waals surface area (Å²) >= 11 is 0. The Hall–Kier alpha value is -1.56. The Morgan fingerprint density at radius 1 is 1.56 bits per heavy atom. The quantitative estimate of drug-likeness (QED) is 0.834. The third kappa shape index (κ3) is 3.73. The molecular weight excluding hydrogens is 254 g/mol. The van der Waals surface area contributed by atoms with Crippen LogP contribution in [0.3, 0.4) is 0 Å². The van der Waals surface area contributed by atoms with Crippen molar-refractivity contribution in [3.63, 3.8) is 0 Å². The number of carbonyl (C=O) groups is 1. The van der Waals surface area contributed by atoms with E-state index in [2.05, 4.69) is 5.32 Å². The molecule has 6 heteroatoms. The number of rotatable bonds is 5. The summed E-state index contributed by atoms with van der Waals surface area (Å²) in [6, 6.07) is 4.46. The van der Waals surface area contributed by atoms with Crippen LogP contribution in [0.15, 0.2) is 18.2 Å². The molecule has 2 N–H and O–H groups in total. The summed E-state index contributed by atoms with van der Waals surface area (Å²) in [6.07, 6.45) is 1.58. The number of hydrogen-bond acceptors (Lipinski definition) is 4. The van der Waals surface area contributed by atoms with Crippen LogP contribution in [0.1, 0.15) is 17.3 Å². The van der Waals surface area contributed by atoms with Gasteiger partial charge in [0.05, 0.1) is 12.7 Å². The Labute approximate surface area is 109 Å². The van der Waals surface area contributed by atoms with E-state index in [1.165, 1.54) is 13.2 Å². The molecule has 2 atom stereocenters. The van der Waals surface area contributed by atoms with Crippen LogP contribution in [0.25, 0.3) is 0 Å². The molecule has 0 radical (unpaired) electrons. The molecule has 1 aromatic rings. The fraction of sp³-hybridized carbons (Fsp3) is 0.417. The second-order valence-electron chi connectivity index (χ2n) is 3.97. The summed E-state index contributed by atoms with van der Waals surface area (Å²) in [5.74, 6) is 0.0114. The first kappa shape index (κ1) is 14.5. The maximum absolute atomic E-state index is 11.9. The van der Waals surface area contributed by atoms with Crippen LogP contribution >= 0.6 is 0 Å². The van der Waals surface area contributed by atoms with Gasteiger partial charge in [-0.15, -0.1) is 0 Å². The molecule has 0 saturated heterocycles. The summed E-state index contributed by atoms with van der Waals surface area (Å²) in [4.78, 5) is 11.9. The summed E-state index contributed by atoms with van der Waals surface area (Å²) in [6.45, 7) is 1.76. The lowest BCUT2D eigenvalue weighted by molar-refractivity contribution is 0.0940. The number of benzene rings is 1. The molecule has 18 heavy (non-hydrogen) atoms. The molecule has 0 aliphatic carbocycles. The zero-order valence-corrected chi connectivity index (χ0v) is 11.4. The Morgan fingerprint density at radius 2 is 2.22 bits per heavy atom. The molecule has 1 aromatic carbocycles. The average Bonchev–Trinajstić information content (AvgIpc) is 2.27. The number of nitrogens with one attached hydrogen (secondary N) is 1. The predicted octanol–water partition coefficient (Wildman–Crippen LogP) is 0.898. The van der Waals surface area contributed by atoms with Gasteiger partial charge in [-0.3, -0.25) is 9.00 Å². The lowest BCUT2D eigenvalue weighted by Gasteiger charge is -2.14. The monoisotopic (exact) mass is 271 g/mol. The molecule has 2 unspecified atom stereocenters. The molecule has 0 aliphatic rings. The number of phenols is 1. The topological polar surface area (TPSA) is 75.6 Å². The van der Waals surface area contributed by atoms with Gasteiger partial charge < -0.3 is 15.2 Å². The van der Waals surface area contributed by atoms with Gasteiger partial charge in [0.1, 0.15) is 0 Å². The molecule has 1 amide bonds. The van der Waals surface area contributed by atoms with Gasteiger partial charge in [-0.2, -0.15) is 0 Å². The van der Waals surface area contributed by atoms with Crippen molar-refractivity contribution >= 4 is 16.7 Å². The number of amides is 1. The molecule has 0 aromatic heterocycles. The molecule has 5 nitrogen and oxygen atoms in total. The Balaban J connectivity index is 2.81. The van der Waals surface area contributed by atoms with Crippen LogP contribution in [0, 0.1) is 0 Å². The lowest BCUT2D eigenvalue weighted by Crippen LogP contribution is -2.36. The number of hydrogen-bond donors (Lipinski definition) is 2. The Bertz CT molecular complexity index is 461. The van der Waals surface area contributed by atoms with E-state index in [0.29, 0.717) is 5.75 Å². The minimum absolute atomic E-state index is 0.142. The van der Waals surface area contributed by atoms with Crippen molar-refractivity contribution in [3.8, 4) is 11.5 Å². The van der Waals surface area contributed by atoms with E-state index in [1.54, 1.807) is 25.3 Å². The zero-order chi connectivity index (χ0) is 13.7. The molecule has 100 valence electrons. The van der Waals surface area contributed by atoms with Crippen molar-refractivity contribution in [2.45, 2.75) is 13.0 Å². The first-order chi connectivity index (χ1) is 8.45. The van der Waals surface area contributed by atoms with Crippen molar-refractivity contribution in [3.05, 3.63) is 23.8 Å². The molecule has 0 aliphatic heterocycles. The van der Waals surface area contributed by atoms with Gasteiger partial charge >= 0.3 is 0 Å². The maximum atomic E-state index is 11.9. The van der Waals surface area contributed by atoms with Gasteiger partial charge in [-0.05, 0) is 19.1 Å². The highest BCUT2D eigenvalue weighted by molar-refractivity contribution is 7.84. The summed E-state index contributed by atoms with van der Waals surface area (Å²) in [7, 11) is 0.435. The largest absolute Gasteiger partial charge is 0.504 e. The summed E-state index contributed by atoms with van der Waals surface area (Å²) < 4.78 is 16.0. The number of carbonyl (C=O) groups excluding carboxylic acids is 1. The average molecular weight is 271 g/mol. The van der Waals surface area contributed by atoms with Crippen molar-refractivity contribution in [1.29, 1.82) is 0 Å². The standard InChI is InChI=1S/C12H17NO4S/c1-8(7-18(3)16)13-12(15)9-5-4-6-10(17-2)11(9)14/h4-6,8,14H,7H2,1-3H3,(H,13,15). The molecule has 0 heterocycles. The zero-order valence-electron chi connectivity index (χ0n) is 10.6. The van der Waals surface area contributed by atoms with E-state index >= 15 is 0 Å². The van der Waals surface area contributed by atoms with E-state index in [9.17, 15) is 14.1 Å². The lowest BCUT2D eigenvalue weighted by atomic mass is 10.1. The Kier molecular flexibility index (Phi) is 5.15. The van der Waals surface area contributed by atoms with Crippen LogP contribution in [0.2, 0.25) is 0 Å². The van der Waals surface area contributed by atoms with Crippen LogP contribution in [-0.2, 0) is 10.8 Å². The van der Waals surface area contributed by atoms with Gasteiger partial charge in [-0.1, -0.05) is 6.07 Å². The number of phenolic OH excluding ortho intramolecular Hbond substituents is 1. The second kappa shape index (κ2) is 6.39. The van der Waals surface area contributed by atoms with Crippen molar-refractivity contribution < 1.29 is 18.8 Å². The highest BCUT2D eigenvalue weighted by Gasteiger charge is 2.16. The van der Waals surface area contributed by atoms with Gasteiger partial charge in [0.15, 0.2) is 11.5 Å². The van der Waals surface area contributed by atoms with Gasteiger partial charge in [0.2, 0.25) is 0 Å². The second-order valence-corrected chi connectivity index (χ2v) is 5.45. The smallest absolute Gasteiger partial charge is 0.255 e. The summed E-state index contributed by atoms with van der Waals surface area (Å²) in [5.41, 5.74) is 0.142. The van der Waals surface area contributed by atoms with Crippen molar-refractivity contribution in [2.75, 3.05) is 19.1 Å². The van der Waals surface area contributed by atoms with Crippen molar-refractivity contribution in [2.24, 2.45) is 0 Å². The molecule has 0 spiro atoms. The highest BCUT2D eigenvalue weighted by atomic mass is 32.2. The predicted molar refractivity (Wildman–Crippen MR) is 70.5 cm³/mol. The maximum Gasteiger partial charge on any atom is 0.255 e. The molecule has 0 bridgehead atoms. The van der Waals surface area contributed by atoms with Gasteiger partial charge in [0, 0.05) is 28.9 Å². The van der Waals surface area contributed by atoms with Crippen LogP contribution in [0.5, 0.6) is 11.5 Å².